The summed E-state index contributed by atoms with van der Waals surface area (Å²) in [4.78, 5) is 13.7. The van der Waals surface area contributed by atoms with Gasteiger partial charge in [0.2, 0.25) is 0 Å². The lowest BCUT2D eigenvalue weighted by Crippen LogP contribution is -2.32. The minimum atomic E-state index is -0.299. The molecule has 0 radical (unpaired) electrons. The van der Waals surface area contributed by atoms with Crippen molar-refractivity contribution in [3.05, 3.63) is 41.8 Å². The molecular formula is C14H18ClFN4O. The fraction of sp³-hybridized carbons (Fsp3) is 0.286. The fourth-order valence-corrected chi connectivity index (χ4v) is 1.79. The van der Waals surface area contributed by atoms with Gasteiger partial charge in [-0.2, -0.15) is 5.10 Å². The molecule has 0 saturated heterocycles. The first-order valence-electron chi connectivity index (χ1n) is 6.33. The third kappa shape index (κ3) is 4.27. The summed E-state index contributed by atoms with van der Waals surface area (Å²) in [5.41, 5.74) is 1.80. The Labute approximate surface area is 129 Å². The number of nitrogens with one attached hydrogen (secondary N) is 2. The van der Waals surface area contributed by atoms with Crippen LogP contribution in [0.15, 0.2) is 30.3 Å². The molecular weight excluding hydrogens is 295 g/mol. The topological polar surface area (TPSA) is 61.0 Å². The zero-order chi connectivity index (χ0) is 14.5. The van der Waals surface area contributed by atoms with Gasteiger partial charge in [-0.3, -0.25) is 9.89 Å². The van der Waals surface area contributed by atoms with Crippen LogP contribution >= 0.6 is 12.4 Å². The zero-order valence-electron chi connectivity index (χ0n) is 11.9. The number of amides is 1. The summed E-state index contributed by atoms with van der Waals surface area (Å²) in [6, 6.07) is 7.66. The van der Waals surface area contributed by atoms with Gasteiger partial charge in [0.15, 0.2) is 0 Å². The highest BCUT2D eigenvalue weighted by atomic mass is 35.5. The van der Waals surface area contributed by atoms with Gasteiger partial charge in [-0.1, -0.05) is 0 Å². The van der Waals surface area contributed by atoms with Gasteiger partial charge in [0.05, 0.1) is 5.69 Å². The molecule has 0 atom stereocenters. The number of rotatable bonds is 5. The second kappa shape index (κ2) is 7.75. The number of nitrogens with zero attached hydrogens (tertiary/aromatic N) is 2. The van der Waals surface area contributed by atoms with Crippen LogP contribution in [0, 0.1) is 5.82 Å². The Morgan fingerprint density at radius 2 is 2.05 bits per heavy atom. The number of benzene rings is 1. The first-order chi connectivity index (χ1) is 9.61. The van der Waals surface area contributed by atoms with Gasteiger partial charge in [-0.25, -0.2) is 4.39 Å². The van der Waals surface area contributed by atoms with Crippen molar-refractivity contribution in [1.82, 2.24) is 20.4 Å². The van der Waals surface area contributed by atoms with Gasteiger partial charge in [0, 0.05) is 25.7 Å². The molecule has 0 spiro atoms. The molecule has 0 aliphatic rings. The molecule has 5 nitrogen and oxygen atoms in total. The van der Waals surface area contributed by atoms with E-state index in [1.165, 1.54) is 12.1 Å². The molecule has 1 amide bonds. The maximum absolute atomic E-state index is 12.9. The number of halogens is 2. The monoisotopic (exact) mass is 312 g/mol. The van der Waals surface area contributed by atoms with Crippen molar-refractivity contribution in [2.24, 2.45) is 0 Å². The van der Waals surface area contributed by atoms with E-state index in [0.717, 1.165) is 12.1 Å². The summed E-state index contributed by atoms with van der Waals surface area (Å²) in [6.45, 7) is 1.33. The number of hydrogen-bond donors (Lipinski definition) is 2. The Morgan fingerprint density at radius 3 is 2.67 bits per heavy atom. The minimum Gasteiger partial charge on any atom is -0.339 e. The lowest BCUT2D eigenvalue weighted by molar-refractivity contribution is 0.0791. The fourth-order valence-electron chi connectivity index (χ4n) is 1.79. The van der Waals surface area contributed by atoms with Crippen LogP contribution in [0.4, 0.5) is 4.39 Å². The van der Waals surface area contributed by atoms with Crippen molar-refractivity contribution in [2.75, 3.05) is 27.2 Å². The molecule has 21 heavy (non-hydrogen) atoms. The van der Waals surface area contributed by atoms with E-state index in [2.05, 4.69) is 15.5 Å². The van der Waals surface area contributed by atoms with E-state index >= 15 is 0 Å². The van der Waals surface area contributed by atoms with E-state index in [1.807, 2.05) is 7.05 Å². The van der Waals surface area contributed by atoms with Crippen LogP contribution in [0.3, 0.4) is 0 Å². The Hall–Kier alpha value is -1.92. The molecule has 1 heterocycles. The van der Waals surface area contributed by atoms with Crippen molar-refractivity contribution < 1.29 is 9.18 Å². The number of H-pyrrole nitrogens is 1. The van der Waals surface area contributed by atoms with Crippen LogP contribution in [-0.2, 0) is 0 Å². The van der Waals surface area contributed by atoms with Crippen molar-refractivity contribution in [3.8, 4) is 11.3 Å². The normalized spacial score (nSPS) is 10.0. The van der Waals surface area contributed by atoms with Crippen LogP contribution < -0.4 is 5.32 Å². The van der Waals surface area contributed by atoms with Crippen molar-refractivity contribution in [2.45, 2.75) is 0 Å². The van der Waals surface area contributed by atoms with E-state index < -0.39 is 0 Å². The number of aromatic nitrogens is 2. The predicted octanol–water partition coefficient (Wildman–Crippen LogP) is 1.93. The molecule has 114 valence electrons. The van der Waals surface area contributed by atoms with Crippen LogP contribution in [0.5, 0.6) is 0 Å². The van der Waals surface area contributed by atoms with Gasteiger partial charge >= 0.3 is 0 Å². The third-order valence-corrected chi connectivity index (χ3v) is 2.99. The molecule has 1 aromatic carbocycles. The molecule has 2 rings (SSSR count). The quantitative estimate of drug-likeness (QED) is 0.887. The van der Waals surface area contributed by atoms with Gasteiger partial charge in [-0.05, 0) is 37.4 Å². The molecule has 0 fully saturated rings. The van der Waals surface area contributed by atoms with Crippen LogP contribution in [0.1, 0.15) is 10.5 Å². The second-order valence-electron chi connectivity index (χ2n) is 4.50. The highest BCUT2D eigenvalue weighted by molar-refractivity contribution is 5.93. The van der Waals surface area contributed by atoms with Gasteiger partial charge in [0.1, 0.15) is 11.5 Å². The summed E-state index contributed by atoms with van der Waals surface area (Å²) in [7, 11) is 3.57. The maximum Gasteiger partial charge on any atom is 0.271 e. The Kier molecular flexibility index (Phi) is 6.33. The molecule has 1 aromatic heterocycles. The lowest BCUT2D eigenvalue weighted by Gasteiger charge is -2.15. The van der Waals surface area contributed by atoms with E-state index in [-0.39, 0.29) is 24.1 Å². The second-order valence-corrected chi connectivity index (χ2v) is 4.50. The number of likely N-dealkylation sites (N-methyl/N-ethyl adjacent to an activating group) is 2. The summed E-state index contributed by atoms with van der Waals surface area (Å²) in [5.74, 6) is -0.423. The van der Waals surface area contributed by atoms with Crippen LogP contribution in [0.25, 0.3) is 11.3 Å². The number of aromatic amines is 1. The number of carbonyl (C=O) groups is 1. The predicted molar refractivity (Wildman–Crippen MR) is 82.1 cm³/mol. The number of carbonyl (C=O) groups excluding carboxylic acids is 1. The Morgan fingerprint density at radius 1 is 1.38 bits per heavy atom. The number of hydrogen-bond acceptors (Lipinski definition) is 3. The molecule has 0 bridgehead atoms. The average Bonchev–Trinajstić information content (AvgIpc) is 2.94. The summed E-state index contributed by atoms with van der Waals surface area (Å²) in [6.07, 6.45) is 0. The molecule has 0 aliphatic carbocycles. The highest BCUT2D eigenvalue weighted by Gasteiger charge is 2.14. The molecule has 2 aromatic rings. The SMILES string of the molecule is CNCCN(C)C(=O)c1cc(-c2ccc(F)cc2)n[nH]1.Cl. The van der Waals surface area contributed by atoms with Gasteiger partial charge < -0.3 is 10.2 Å². The van der Waals surface area contributed by atoms with Crippen LogP contribution in [0.2, 0.25) is 0 Å². The van der Waals surface area contributed by atoms with Crippen molar-refractivity contribution >= 4 is 18.3 Å². The van der Waals surface area contributed by atoms with Gasteiger partial charge in [-0.15, -0.1) is 12.4 Å². The molecule has 0 saturated carbocycles. The zero-order valence-corrected chi connectivity index (χ0v) is 12.7. The van der Waals surface area contributed by atoms with E-state index in [4.69, 9.17) is 0 Å². The molecule has 7 heteroatoms. The Bertz CT molecular complexity index is 585. The van der Waals surface area contributed by atoms with Gasteiger partial charge in [0.25, 0.3) is 5.91 Å². The smallest absolute Gasteiger partial charge is 0.271 e. The highest BCUT2D eigenvalue weighted by Crippen LogP contribution is 2.18. The van der Waals surface area contributed by atoms with E-state index in [0.29, 0.717) is 17.9 Å². The van der Waals surface area contributed by atoms with E-state index in [9.17, 15) is 9.18 Å². The molecule has 0 aliphatic heterocycles. The summed E-state index contributed by atoms with van der Waals surface area (Å²) < 4.78 is 12.9. The lowest BCUT2D eigenvalue weighted by atomic mass is 10.1. The maximum atomic E-state index is 12.9. The van der Waals surface area contributed by atoms with Crippen molar-refractivity contribution in [3.63, 3.8) is 0 Å². The van der Waals surface area contributed by atoms with Crippen molar-refractivity contribution in [1.29, 1.82) is 0 Å². The molecule has 0 unspecified atom stereocenters. The summed E-state index contributed by atoms with van der Waals surface area (Å²) >= 11 is 0. The first kappa shape index (κ1) is 17.1. The summed E-state index contributed by atoms with van der Waals surface area (Å²) in [5, 5.41) is 9.80. The molecule has 2 N–H and O–H groups in total. The average molecular weight is 313 g/mol. The third-order valence-electron chi connectivity index (χ3n) is 2.99. The van der Waals surface area contributed by atoms with Crippen LogP contribution in [-0.4, -0.2) is 48.2 Å². The standard InChI is InChI=1S/C14H17FN4O.ClH/c1-16-7-8-19(2)14(20)13-9-12(17-18-13)10-3-5-11(15)6-4-10;/h3-6,9,16H,7-8H2,1-2H3,(H,17,18);1H. The largest absolute Gasteiger partial charge is 0.339 e. The Balaban J connectivity index is 0.00000220. The first-order valence-corrected chi connectivity index (χ1v) is 6.33. The van der Waals surface area contributed by atoms with E-state index in [1.54, 1.807) is 30.1 Å². The minimum absolute atomic E-state index is 0.